The van der Waals surface area contributed by atoms with E-state index in [1.807, 2.05) is 13.1 Å². The first-order valence-electron chi connectivity index (χ1n) is 5.42. The van der Waals surface area contributed by atoms with Crippen LogP contribution in [0.1, 0.15) is 26.5 Å². The summed E-state index contributed by atoms with van der Waals surface area (Å²) in [5.41, 5.74) is 0.741. The first-order valence-corrected chi connectivity index (χ1v) is 10.8. The van der Waals surface area contributed by atoms with Gasteiger partial charge in [0.2, 0.25) is 4.34 Å². The van der Waals surface area contributed by atoms with Crippen LogP contribution in [-0.2, 0) is 10.0 Å². The van der Waals surface area contributed by atoms with E-state index in [-0.39, 0.29) is 9.38 Å². The average Bonchev–Trinajstić information content (AvgIpc) is 2.48. The monoisotopic (exact) mass is 292 g/mol. The number of sulfonamides is 1. The Morgan fingerprint density at radius 2 is 1.88 bits per heavy atom. The van der Waals surface area contributed by atoms with Crippen LogP contribution < -0.4 is 4.39 Å². The lowest BCUT2D eigenvalue weighted by Crippen LogP contribution is -2.54. The molecule has 7 heteroatoms. The molecule has 0 bridgehead atoms. The van der Waals surface area contributed by atoms with Gasteiger partial charge in [-0.1, -0.05) is 33.9 Å². The summed E-state index contributed by atoms with van der Waals surface area (Å²) in [6, 6.07) is 0. The second-order valence-corrected chi connectivity index (χ2v) is 13.8. The fraction of sp³-hybridized carbons (Fsp3) is 0.700. The molecule has 0 aromatic carbocycles. The SMILES string of the molecule is Cc1csc(S(=O)(=O)N[Si](C)(C)C(C)(C)C)n1. The average molecular weight is 293 g/mol. The fourth-order valence-electron chi connectivity index (χ4n) is 0.988. The highest BCUT2D eigenvalue weighted by molar-refractivity contribution is 7.92. The van der Waals surface area contributed by atoms with Gasteiger partial charge in [-0.3, -0.25) is 0 Å². The number of aryl methyl sites for hydroxylation is 1. The minimum atomic E-state index is -3.46. The van der Waals surface area contributed by atoms with E-state index in [2.05, 4.69) is 30.1 Å². The quantitative estimate of drug-likeness (QED) is 0.871. The van der Waals surface area contributed by atoms with Gasteiger partial charge in [-0.15, -0.1) is 11.3 Å². The Balaban J connectivity index is 3.03. The number of aromatic nitrogens is 1. The molecule has 1 aromatic heterocycles. The van der Waals surface area contributed by atoms with Gasteiger partial charge in [0, 0.05) is 11.1 Å². The molecular weight excluding hydrogens is 272 g/mol. The van der Waals surface area contributed by atoms with E-state index in [9.17, 15) is 8.42 Å². The molecule has 1 heterocycles. The zero-order valence-electron chi connectivity index (χ0n) is 11.2. The van der Waals surface area contributed by atoms with Crippen LogP contribution in [0.3, 0.4) is 0 Å². The Labute approximate surface area is 109 Å². The van der Waals surface area contributed by atoms with Crippen molar-refractivity contribution >= 4 is 29.6 Å². The summed E-state index contributed by atoms with van der Waals surface area (Å²) < 4.78 is 27.4. The number of hydrogen-bond donors (Lipinski definition) is 1. The number of nitrogens with zero attached hydrogens (tertiary/aromatic N) is 1. The smallest absolute Gasteiger partial charge is 0.231 e. The van der Waals surface area contributed by atoms with E-state index in [1.165, 1.54) is 11.3 Å². The van der Waals surface area contributed by atoms with E-state index >= 15 is 0 Å². The lowest BCUT2D eigenvalue weighted by atomic mass is 10.2. The van der Waals surface area contributed by atoms with Crippen LogP contribution in [-0.4, -0.2) is 21.6 Å². The van der Waals surface area contributed by atoms with Crippen molar-refractivity contribution in [1.82, 2.24) is 9.37 Å². The molecular formula is C10H20N2O2S2Si. The van der Waals surface area contributed by atoms with Crippen molar-refractivity contribution < 1.29 is 8.42 Å². The van der Waals surface area contributed by atoms with Gasteiger partial charge < -0.3 is 0 Å². The molecule has 0 saturated heterocycles. The molecule has 0 aliphatic heterocycles. The van der Waals surface area contributed by atoms with Crippen LogP contribution in [0, 0.1) is 6.92 Å². The minimum absolute atomic E-state index is 0.0353. The molecule has 0 aliphatic rings. The Morgan fingerprint density at radius 3 is 2.24 bits per heavy atom. The third-order valence-electron chi connectivity index (χ3n) is 3.09. The van der Waals surface area contributed by atoms with Crippen LogP contribution in [0.4, 0.5) is 0 Å². The van der Waals surface area contributed by atoms with E-state index < -0.39 is 18.3 Å². The van der Waals surface area contributed by atoms with Crippen molar-refractivity contribution in [2.75, 3.05) is 0 Å². The van der Waals surface area contributed by atoms with Gasteiger partial charge in [0.25, 0.3) is 10.0 Å². The molecule has 1 N–H and O–H groups in total. The molecule has 1 aromatic rings. The Morgan fingerprint density at radius 1 is 1.35 bits per heavy atom. The third-order valence-corrected chi connectivity index (χ3v) is 12.2. The highest BCUT2D eigenvalue weighted by atomic mass is 32.2. The molecule has 0 radical (unpaired) electrons. The van der Waals surface area contributed by atoms with Crippen LogP contribution in [0.5, 0.6) is 0 Å². The number of rotatable bonds is 3. The fourth-order valence-corrected chi connectivity index (χ4v) is 7.06. The van der Waals surface area contributed by atoms with Gasteiger partial charge in [0.1, 0.15) is 8.24 Å². The standard InChI is InChI=1S/C10H20N2O2S2Si/c1-8-7-15-9(11-8)16(13,14)12-17(5,6)10(2,3)4/h7,12H,1-6H3. The van der Waals surface area contributed by atoms with Crippen LogP contribution in [0.25, 0.3) is 0 Å². The third kappa shape index (κ3) is 3.37. The lowest BCUT2D eigenvalue weighted by molar-refractivity contribution is 0.588. The molecule has 0 saturated carbocycles. The van der Waals surface area contributed by atoms with Crippen molar-refractivity contribution in [2.45, 2.75) is 50.2 Å². The largest absolute Gasteiger partial charge is 0.261 e. The zero-order chi connectivity index (χ0) is 13.5. The van der Waals surface area contributed by atoms with E-state index in [1.54, 1.807) is 12.3 Å². The minimum Gasteiger partial charge on any atom is -0.231 e. The van der Waals surface area contributed by atoms with E-state index in [4.69, 9.17) is 0 Å². The molecule has 0 unspecified atom stereocenters. The summed E-state index contributed by atoms with van der Waals surface area (Å²) in [6.07, 6.45) is 0. The van der Waals surface area contributed by atoms with Crippen LogP contribution in [0.2, 0.25) is 18.1 Å². The van der Waals surface area contributed by atoms with Gasteiger partial charge in [-0.05, 0) is 12.0 Å². The maximum Gasteiger partial charge on any atom is 0.261 e. The predicted molar refractivity (Wildman–Crippen MR) is 74.4 cm³/mol. The number of nitrogens with one attached hydrogen (secondary N) is 1. The lowest BCUT2D eigenvalue weighted by Gasteiger charge is -2.36. The normalized spacial score (nSPS) is 14.0. The summed E-state index contributed by atoms with van der Waals surface area (Å²) in [6.45, 7) is 12.0. The summed E-state index contributed by atoms with van der Waals surface area (Å²) in [4.78, 5) is 4.04. The van der Waals surface area contributed by atoms with Crippen LogP contribution >= 0.6 is 11.3 Å². The van der Waals surface area contributed by atoms with E-state index in [0.717, 1.165) is 5.69 Å². The molecule has 0 amide bonds. The van der Waals surface area contributed by atoms with Crippen molar-refractivity contribution in [3.63, 3.8) is 0 Å². The first-order chi connectivity index (χ1) is 7.46. The maximum atomic E-state index is 12.2. The van der Waals surface area contributed by atoms with E-state index in [0.29, 0.717) is 0 Å². The van der Waals surface area contributed by atoms with Crippen molar-refractivity contribution in [3.05, 3.63) is 11.1 Å². The second-order valence-electron chi connectivity index (χ2n) is 5.74. The molecule has 1 rings (SSSR count). The second kappa shape index (κ2) is 4.45. The molecule has 98 valence electrons. The van der Waals surface area contributed by atoms with Crippen LogP contribution in [0.15, 0.2) is 9.72 Å². The highest BCUT2D eigenvalue weighted by Crippen LogP contribution is 2.35. The van der Waals surface area contributed by atoms with Gasteiger partial charge >= 0.3 is 0 Å². The molecule has 17 heavy (non-hydrogen) atoms. The highest BCUT2D eigenvalue weighted by Gasteiger charge is 2.40. The molecule has 0 fully saturated rings. The molecule has 0 spiro atoms. The summed E-state index contributed by atoms with van der Waals surface area (Å²) in [5, 5.41) is 1.71. The van der Waals surface area contributed by atoms with Crippen molar-refractivity contribution in [2.24, 2.45) is 0 Å². The Hall–Kier alpha value is -0.243. The van der Waals surface area contributed by atoms with Crippen molar-refractivity contribution in [3.8, 4) is 0 Å². The number of hydrogen-bond acceptors (Lipinski definition) is 4. The number of thiazole rings is 1. The summed E-state index contributed by atoms with van der Waals surface area (Å²) >= 11 is 1.17. The maximum absolute atomic E-state index is 12.2. The molecule has 4 nitrogen and oxygen atoms in total. The summed E-state index contributed by atoms with van der Waals surface area (Å²) in [7, 11) is -5.55. The van der Waals surface area contributed by atoms with Gasteiger partial charge in [-0.25, -0.2) is 17.8 Å². The predicted octanol–water partition coefficient (Wildman–Crippen LogP) is 2.74. The Kier molecular flexibility index (Phi) is 3.88. The van der Waals surface area contributed by atoms with Gasteiger partial charge in [0.15, 0.2) is 0 Å². The van der Waals surface area contributed by atoms with Gasteiger partial charge in [-0.2, -0.15) is 0 Å². The summed E-state index contributed by atoms with van der Waals surface area (Å²) in [5.74, 6) is 0. The van der Waals surface area contributed by atoms with Crippen molar-refractivity contribution in [1.29, 1.82) is 0 Å². The van der Waals surface area contributed by atoms with Gasteiger partial charge in [0.05, 0.1) is 0 Å². The molecule has 0 atom stereocenters. The zero-order valence-corrected chi connectivity index (χ0v) is 13.8. The topological polar surface area (TPSA) is 59.1 Å². The first kappa shape index (κ1) is 14.8. The Bertz CT molecular complexity index is 501. The molecule has 0 aliphatic carbocycles.